The fraction of sp³-hybridized carbons (Fsp3) is 0.357. The minimum Gasteiger partial charge on any atom is -0.497 e. The van der Waals surface area contributed by atoms with Gasteiger partial charge in [0.15, 0.2) is 0 Å². The maximum atomic E-state index is 5.13. The summed E-state index contributed by atoms with van der Waals surface area (Å²) in [6.45, 7) is 2.19. The third-order valence-electron chi connectivity index (χ3n) is 2.77. The van der Waals surface area contributed by atoms with E-state index in [4.69, 9.17) is 4.74 Å². The molecule has 1 aromatic carbocycles. The van der Waals surface area contributed by atoms with Crippen LogP contribution >= 0.6 is 0 Å². The number of benzene rings is 1. The van der Waals surface area contributed by atoms with E-state index >= 15 is 0 Å². The Hall–Kier alpha value is -1.77. The number of ether oxygens (including phenoxy) is 1. The number of hydrogen-bond donors (Lipinski definition) is 0. The molecule has 0 aliphatic carbocycles. The SMILES string of the molecule is CCCCc1ccn(-c2ccc(OC)cc2)n1. The van der Waals surface area contributed by atoms with Crippen LogP contribution < -0.4 is 4.74 Å². The molecule has 0 N–H and O–H groups in total. The first-order valence-electron chi connectivity index (χ1n) is 6.02. The molecule has 0 saturated heterocycles. The fourth-order valence-corrected chi connectivity index (χ4v) is 1.73. The summed E-state index contributed by atoms with van der Waals surface area (Å²) >= 11 is 0. The summed E-state index contributed by atoms with van der Waals surface area (Å²) < 4.78 is 7.04. The lowest BCUT2D eigenvalue weighted by Crippen LogP contribution is -1.96. The van der Waals surface area contributed by atoms with Crippen LogP contribution in [0.1, 0.15) is 25.5 Å². The number of methoxy groups -OCH3 is 1. The van der Waals surface area contributed by atoms with E-state index in [9.17, 15) is 0 Å². The van der Waals surface area contributed by atoms with Crippen LogP contribution in [0, 0.1) is 0 Å². The number of aryl methyl sites for hydroxylation is 1. The van der Waals surface area contributed by atoms with Crippen molar-refractivity contribution in [1.82, 2.24) is 9.78 Å². The van der Waals surface area contributed by atoms with E-state index in [2.05, 4.69) is 18.1 Å². The van der Waals surface area contributed by atoms with Crippen LogP contribution in [0.15, 0.2) is 36.5 Å². The van der Waals surface area contributed by atoms with Gasteiger partial charge in [0.2, 0.25) is 0 Å². The zero-order valence-corrected chi connectivity index (χ0v) is 10.4. The van der Waals surface area contributed by atoms with Crippen molar-refractivity contribution in [1.29, 1.82) is 0 Å². The quantitative estimate of drug-likeness (QED) is 0.788. The zero-order valence-electron chi connectivity index (χ0n) is 10.4. The van der Waals surface area contributed by atoms with Crippen LogP contribution in [0.3, 0.4) is 0 Å². The monoisotopic (exact) mass is 230 g/mol. The Kier molecular flexibility index (Phi) is 3.81. The van der Waals surface area contributed by atoms with Gasteiger partial charge in [0.1, 0.15) is 5.75 Å². The molecule has 0 saturated carbocycles. The van der Waals surface area contributed by atoms with Gasteiger partial charge in [-0.2, -0.15) is 5.10 Å². The minimum absolute atomic E-state index is 0.868. The number of unbranched alkanes of at least 4 members (excludes halogenated alkanes) is 1. The Morgan fingerprint density at radius 2 is 1.94 bits per heavy atom. The van der Waals surface area contributed by atoms with Crippen LogP contribution in [0.4, 0.5) is 0 Å². The fourth-order valence-electron chi connectivity index (χ4n) is 1.73. The van der Waals surface area contributed by atoms with Gasteiger partial charge in [0.25, 0.3) is 0 Å². The maximum Gasteiger partial charge on any atom is 0.119 e. The average Bonchev–Trinajstić information content (AvgIpc) is 2.85. The summed E-state index contributed by atoms with van der Waals surface area (Å²) in [5.41, 5.74) is 2.22. The molecule has 3 heteroatoms. The first kappa shape index (κ1) is 11.7. The Morgan fingerprint density at radius 1 is 1.18 bits per heavy atom. The van der Waals surface area contributed by atoms with Crippen molar-refractivity contribution in [3.8, 4) is 11.4 Å². The molecule has 3 nitrogen and oxygen atoms in total. The summed E-state index contributed by atoms with van der Waals surface area (Å²) in [4.78, 5) is 0. The standard InChI is InChI=1S/C14H18N2O/c1-3-4-5-12-10-11-16(15-12)13-6-8-14(17-2)9-7-13/h6-11H,3-5H2,1-2H3. The van der Waals surface area contributed by atoms with E-state index in [1.54, 1.807) is 7.11 Å². The first-order chi connectivity index (χ1) is 8.33. The van der Waals surface area contributed by atoms with Crippen molar-refractivity contribution in [2.24, 2.45) is 0 Å². The predicted molar refractivity (Wildman–Crippen MR) is 68.7 cm³/mol. The average molecular weight is 230 g/mol. The second-order valence-corrected chi connectivity index (χ2v) is 4.05. The minimum atomic E-state index is 0.868. The van der Waals surface area contributed by atoms with Crippen molar-refractivity contribution in [2.75, 3.05) is 7.11 Å². The zero-order chi connectivity index (χ0) is 12.1. The maximum absolute atomic E-state index is 5.13. The van der Waals surface area contributed by atoms with Crippen molar-refractivity contribution in [3.05, 3.63) is 42.2 Å². The lowest BCUT2D eigenvalue weighted by Gasteiger charge is -2.03. The first-order valence-corrected chi connectivity index (χ1v) is 6.02. The highest BCUT2D eigenvalue weighted by atomic mass is 16.5. The van der Waals surface area contributed by atoms with Gasteiger partial charge in [-0.15, -0.1) is 0 Å². The lowest BCUT2D eigenvalue weighted by atomic mass is 10.2. The van der Waals surface area contributed by atoms with Gasteiger partial charge >= 0.3 is 0 Å². The van der Waals surface area contributed by atoms with Gasteiger partial charge in [0.05, 0.1) is 18.5 Å². The summed E-state index contributed by atoms with van der Waals surface area (Å²) in [6, 6.07) is 10.00. The molecule has 17 heavy (non-hydrogen) atoms. The summed E-state index contributed by atoms with van der Waals surface area (Å²) in [5, 5.41) is 4.55. The summed E-state index contributed by atoms with van der Waals surface area (Å²) in [7, 11) is 1.67. The van der Waals surface area contributed by atoms with Gasteiger partial charge in [-0.05, 0) is 43.2 Å². The number of aromatic nitrogens is 2. The van der Waals surface area contributed by atoms with E-state index in [0.29, 0.717) is 0 Å². The van der Waals surface area contributed by atoms with E-state index < -0.39 is 0 Å². The molecule has 0 radical (unpaired) electrons. The normalized spacial score (nSPS) is 10.5. The van der Waals surface area contributed by atoms with Crippen LogP contribution in [0.2, 0.25) is 0 Å². The van der Waals surface area contributed by atoms with E-state index in [1.807, 2.05) is 35.1 Å². The summed E-state index contributed by atoms with van der Waals surface area (Å²) in [5.74, 6) is 0.868. The predicted octanol–water partition coefficient (Wildman–Crippen LogP) is 3.22. The van der Waals surface area contributed by atoms with E-state index in [0.717, 1.165) is 23.6 Å². The molecule has 0 unspecified atom stereocenters. The molecule has 0 spiro atoms. The van der Waals surface area contributed by atoms with Crippen LogP contribution in [0.5, 0.6) is 5.75 Å². The smallest absolute Gasteiger partial charge is 0.119 e. The van der Waals surface area contributed by atoms with Crippen LogP contribution in [-0.2, 0) is 6.42 Å². The van der Waals surface area contributed by atoms with Crippen molar-refractivity contribution in [2.45, 2.75) is 26.2 Å². The molecule has 0 atom stereocenters. The molecule has 0 fully saturated rings. The van der Waals surface area contributed by atoms with Crippen molar-refractivity contribution >= 4 is 0 Å². The molecule has 1 aromatic heterocycles. The van der Waals surface area contributed by atoms with Gasteiger partial charge < -0.3 is 4.74 Å². The largest absolute Gasteiger partial charge is 0.497 e. The second-order valence-electron chi connectivity index (χ2n) is 4.05. The highest BCUT2D eigenvalue weighted by molar-refractivity contribution is 5.36. The van der Waals surface area contributed by atoms with E-state index in [1.165, 1.54) is 12.8 Å². The molecule has 2 aromatic rings. The molecular formula is C14H18N2O. The molecular weight excluding hydrogens is 212 g/mol. The highest BCUT2D eigenvalue weighted by Gasteiger charge is 2.01. The summed E-state index contributed by atoms with van der Waals surface area (Å²) in [6.07, 6.45) is 5.46. The number of nitrogens with zero attached hydrogens (tertiary/aromatic N) is 2. The highest BCUT2D eigenvalue weighted by Crippen LogP contribution is 2.14. The molecule has 2 rings (SSSR count). The van der Waals surface area contributed by atoms with Crippen molar-refractivity contribution in [3.63, 3.8) is 0 Å². The Balaban J connectivity index is 2.12. The van der Waals surface area contributed by atoms with Crippen LogP contribution in [-0.4, -0.2) is 16.9 Å². The van der Waals surface area contributed by atoms with Gasteiger partial charge in [-0.25, -0.2) is 4.68 Å². The molecule has 0 amide bonds. The van der Waals surface area contributed by atoms with Gasteiger partial charge in [-0.1, -0.05) is 13.3 Å². The molecule has 0 bridgehead atoms. The van der Waals surface area contributed by atoms with E-state index in [-0.39, 0.29) is 0 Å². The molecule has 90 valence electrons. The molecule has 0 aliphatic heterocycles. The van der Waals surface area contributed by atoms with Crippen LogP contribution in [0.25, 0.3) is 5.69 Å². The number of hydrogen-bond acceptors (Lipinski definition) is 2. The number of rotatable bonds is 5. The Bertz CT molecular complexity index is 459. The van der Waals surface area contributed by atoms with Gasteiger partial charge in [-0.3, -0.25) is 0 Å². The Morgan fingerprint density at radius 3 is 2.59 bits per heavy atom. The van der Waals surface area contributed by atoms with Gasteiger partial charge in [0, 0.05) is 6.20 Å². The third kappa shape index (κ3) is 2.87. The third-order valence-corrected chi connectivity index (χ3v) is 2.77. The topological polar surface area (TPSA) is 27.1 Å². The lowest BCUT2D eigenvalue weighted by molar-refractivity contribution is 0.414. The van der Waals surface area contributed by atoms with Crippen molar-refractivity contribution < 1.29 is 4.74 Å². The molecule has 1 heterocycles. The Labute approximate surface area is 102 Å². The molecule has 0 aliphatic rings. The second kappa shape index (κ2) is 5.53.